The number of hydrogen-bond donors (Lipinski definition) is 3. The Hall–Kier alpha value is -1.40. The van der Waals surface area contributed by atoms with E-state index in [0.29, 0.717) is 13.2 Å². The molecule has 3 rings (SSSR count). The molecule has 1 saturated carbocycles. The van der Waals surface area contributed by atoms with Gasteiger partial charge >= 0.3 is 0 Å². The fraction of sp³-hybridized carbons (Fsp3) is 0.692. The summed E-state index contributed by atoms with van der Waals surface area (Å²) in [5, 5.41) is 2.88. The molecule has 0 aromatic carbocycles. The second-order valence-corrected chi connectivity index (χ2v) is 6.00. The monoisotopic (exact) mass is 264 g/mol. The van der Waals surface area contributed by atoms with Gasteiger partial charge in [0, 0.05) is 30.3 Å². The van der Waals surface area contributed by atoms with Crippen molar-refractivity contribution in [3.05, 3.63) is 18.2 Å². The van der Waals surface area contributed by atoms with Crippen LogP contribution in [0.15, 0.2) is 12.4 Å². The lowest BCUT2D eigenvalue weighted by Crippen LogP contribution is -2.80. The van der Waals surface area contributed by atoms with Gasteiger partial charge in [0.1, 0.15) is 11.4 Å². The standard InChI is InChI=1S/C13H20N4O2/c1-12(2)10-8(3-6-19-10)13(12,14)11(18)17-7-9-15-4-5-16-9/h4-5,8,10H,3,6-7,14H2,1-2H3,(H,15,16)(H,17,18). The number of imidazole rings is 1. The fourth-order valence-corrected chi connectivity index (χ4v) is 3.55. The Balaban J connectivity index is 1.72. The minimum Gasteiger partial charge on any atom is -0.377 e. The number of fused-ring (bicyclic) bond motifs is 1. The number of nitrogens with two attached hydrogens (primary N) is 1. The predicted octanol–water partition coefficient (Wildman–Crippen LogP) is 0.168. The molecule has 3 unspecified atom stereocenters. The number of nitrogens with zero attached hydrogens (tertiary/aromatic N) is 1. The quantitative estimate of drug-likeness (QED) is 0.725. The van der Waals surface area contributed by atoms with Crippen LogP contribution in [0.3, 0.4) is 0 Å². The lowest BCUT2D eigenvalue weighted by Gasteiger charge is -2.60. The van der Waals surface area contributed by atoms with E-state index in [2.05, 4.69) is 15.3 Å². The number of amides is 1. The number of hydrogen-bond acceptors (Lipinski definition) is 4. The lowest BCUT2D eigenvalue weighted by molar-refractivity contribution is -0.175. The van der Waals surface area contributed by atoms with Crippen molar-refractivity contribution in [1.29, 1.82) is 0 Å². The zero-order valence-corrected chi connectivity index (χ0v) is 11.3. The van der Waals surface area contributed by atoms with Crippen molar-refractivity contribution in [2.75, 3.05) is 6.61 Å². The molecule has 19 heavy (non-hydrogen) atoms. The van der Waals surface area contributed by atoms with Gasteiger partial charge in [-0.25, -0.2) is 4.98 Å². The normalized spacial score (nSPS) is 35.5. The highest BCUT2D eigenvalue weighted by Gasteiger charge is 2.71. The van der Waals surface area contributed by atoms with Crippen molar-refractivity contribution in [2.45, 2.75) is 38.5 Å². The minimum absolute atomic E-state index is 0.104. The summed E-state index contributed by atoms with van der Waals surface area (Å²) in [6.07, 6.45) is 4.35. The van der Waals surface area contributed by atoms with Crippen LogP contribution >= 0.6 is 0 Å². The summed E-state index contributed by atoms with van der Waals surface area (Å²) in [7, 11) is 0. The van der Waals surface area contributed by atoms with Crippen molar-refractivity contribution in [1.82, 2.24) is 15.3 Å². The first-order chi connectivity index (χ1) is 8.98. The van der Waals surface area contributed by atoms with Gasteiger partial charge in [0.05, 0.1) is 12.6 Å². The van der Waals surface area contributed by atoms with Crippen LogP contribution < -0.4 is 11.1 Å². The van der Waals surface area contributed by atoms with E-state index in [0.717, 1.165) is 12.2 Å². The molecule has 1 aliphatic carbocycles. The molecule has 2 aliphatic rings. The van der Waals surface area contributed by atoms with E-state index in [9.17, 15) is 4.79 Å². The van der Waals surface area contributed by atoms with Gasteiger partial charge in [0.25, 0.3) is 0 Å². The summed E-state index contributed by atoms with van der Waals surface area (Å²) >= 11 is 0. The molecule has 6 heteroatoms. The van der Waals surface area contributed by atoms with Crippen LogP contribution in [0.4, 0.5) is 0 Å². The van der Waals surface area contributed by atoms with E-state index >= 15 is 0 Å². The van der Waals surface area contributed by atoms with Crippen LogP contribution in [0, 0.1) is 11.3 Å². The van der Waals surface area contributed by atoms with Crippen molar-refractivity contribution in [3.8, 4) is 0 Å². The molecule has 4 N–H and O–H groups in total. The number of aromatic amines is 1. The van der Waals surface area contributed by atoms with Gasteiger partial charge in [-0.3, -0.25) is 4.79 Å². The molecular weight excluding hydrogens is 244 g/mol. The van der Waals surface area contributed by atoms with Gasteiger partial charge < -0.3 is 20.8 Å². The van der Waals surface area contributed by atoms with E-state index in [-0.39, 0.29) is 23.3 Å². The fourth-order valence-electron chi connectivity index (χ4n) is 3.55. The second kappa shape index (κ2) is 4.05. The number of ether oxygens (including phenoxy) is 1. The Bertz CT molecular complexity index is 485. The summed E-state index contributed by atoms with van der Waals surface area (Å²) in [6.45, 7) is 5.08. The molecule has 104 valence electrons. The molecule has 2 fully saturated rings. The highest BCUT2D eigenvalue weighted by atomic mass is 16.5. The molecule has 1 saturated heterocycles. The molecule has 1 aromatic heterocycles. The highest BCUT2D eigenvalue weighted by molar-refractivity contribution is 5.89. The van der Waals surface area contributed by atoms with E-state index in [1.807, 2.05) is 13.8 Å². The predicted molar refractivity (Wildman–Crippen MR) is 69.0 cm³/mol. The van der Waals surface area contributed by atoms with Crippen LogP contribution in [0.2, 0.25) is 0 Å². The van der Waals surface area contributed by atoms with Crippen molar-refractivity contribution in [2.24, 2.45) is 17.1 Å². The first kappa shape index (κ1) is 12.6. The summed E-state index contributed by atoms with van der Waals surface area (Å²) in [4.78, 5) is 19.5. The van der Waals surface area contributed by atoms with Gasteiger partial charge in [0.15, 0.2) is 0 Å². The molecule has 1 amide bonds. The Labute approximate surface area is 112 Å². The minimum atomic E-state index is -0.846. The second-order valence-electron chi connectivity index (χ2n) is 6.00. The number of aromatic nitrogens is 2. The molecule has 2 heterocycles. The molecule has 3 atom stereocenters. The molecule has 6 nitrogen and oxygen atoms in total. The van der Waals surface area contributed by atoms with Crippen molar-refractivity contribution >= 4 is 5.91 Å². The largest absolute Gasteiger partial charge is 0.377 e. The van der Waals surface area contributed by atoms with Crippen molar-refractivity contribution in [3.63, 3.8) is 0 Å². The molecular formula is C13H20N4O2. The van der Waals surface area contributed by atoms with E-state index in [1.165, 1.54) is 0 Å². The molecule has 0 bridgehead atoms. The third-order valence-corrected chi connectivity index (χ3v) is 4.80. The first-order valence-corrected chi connectivity index (χ1v) is 6.65. The Morgan fingerprint density at radius 1 is 1.68 bits per heavy atom. The van der Waals surface area contributed by atoms with Gasteiger partial charge in [-0.05, 0) is 6.42 Å². The maximum atomic E-state index is 12.5. The Morgan fingerprint density at radius 3 is 3.16 bits per heavy atom. The first-order valence-electron chi connectivity index (χ1n) is 6.65. The number of carbonyl (C=O) groups excluding carboxylic acids is 1. The molecule has 0 spiro atoms. The Morgan fingerprint density at radius 2 is 2.47 bits per heavy atom. The lowest BCUT2D eigenvalue weighted by atomic mass is 9.48. The molecule has 0 radical (unpaired) electrons. The number of carbonyl (C=O) groups is 1. The van der Waals surface area contributed by atoms with Crippen molar-refractivity contribution < 1.29 is 9.53 Å². The molecule has 1 aromatic rings. The number of rotatable bonds is 3. The maximum Gasteiger partial charge on any atom is 0.241 e. The van der Waals surface area contributed by atoms with Crippen LogP contribution in [0.1, 0.15) is 26.1 Å². The SMILES string of the molecule is CC1(C)C2OCCC2C1(N)C(=O)NCc1ncc[nH]1. The third kappa shape index (κ3) is 1.56. The summed E-state index contributed by atoms with van der Waals surface area (Å²) < 4.78 is 5.68. The highest BCUT2D eigenvalue weighted by Crippen LogP contribution is 2.58. The van der Waals surface area contributed by atoms with Crippen LogP contribution in [0.5, 0.6) is 0 Å². The van der Waals surface area contributed by atoms with Crippen LogP contribution in [0.25, 0.3) is 0 Å². The summed E-state index contributed by atoms with van der Waals surface area (Å²) in [5.74, 6) is 0.744. The van der Waals surface area contributed by atoms with Gasteiger partial charge in [-0.2, -0.15) is 0 Å². The average Bonchev–Trinajstić information content (AvgIpc) is 3.04. The van der Waals surface area contributed by atoms with E-state index in [1.54, 1.807) is 12.4 Å². The number of H-pyrrole nitrogens is 1. The van der Waals surface area contributed by atoms with Gasteiger partial charge in [0.2, 0.25) is 5.91 Å². The maximum absolute atomic E-state index is 12.5. The summed E-state index contributed by atoms with van der Waals surface area (Å²) in [6, 6.07) is 0. The third-order valence-electron chi connectivity index (χ3n) is 4.80. The zero-order valence-electron chi connectivity index (χ0n) is 11.3. The zero-order chi connectivity index (χ0) is 13.7. The summed E-state index contributed by atoms with van der Waals surface area (Å²) in [5.41, 5.74) is 5.25. The average molecular weight is 264 g/mol. The van der Waals surface area contributed by atoms with Crippen LogP contribution in [-0.4, -0.2) is 34.1 Å². The van der Waals surface area contributed by atoms with Crippen LogP contribution in [-0.2, 0) is 16.1 Å². The topological polar surface area (TPSA) is 93.0 Å². The van der Waals surface area contributed by atoms with Gasteiger partial charge in [-0.1, -0.05) is 13.8 Å². The van der Waals surface area contributed by atoms with Gasteiger partial charge in [-0.15, -0.1) is 0 Å². The Kier molecular flexibility index (Phi) is 2.69. The molecule has 1 aliphatic heterocycles. The smallest absolute Gasteiger partial charge is 0.241 e. The van der Waals surface area contributed by atoms with E-state index < -0.39 is 5.54 Å². The number of nitrogens with one attached hydrogen (secondary N) is 2. The van der Waals surface area contributed by atoms with E-state index in [4.69, 9.17) is 10.5 Å².